The summed E-state index contributed by atoms with van der Waals surface area (Å²) in [5.74, 6) is -1.98. The Bertz CT molecular complexity index is 805. The molecule has 0 radical (unpaired) electrons. The maximum atomic E-state index is 11.5. The van der Waals surface area contributed by atoms with Gasteiger partial charge in [-0.2, -0.15) is 10.5 Å². The summed E-state index contributed by atoms with van der Waals surface area (Å²) in [4.78, 5) is 34.9. The van der Waals surface area contributed by atoms with Crippen LogP contribution in [0.15, 0.2) is 0 Å². The quantitative estimate of drug-likeness (QED) is 0.472. The number of hydrogen-bond acceptors (Lipinski definition) is 11. The van der Waals surface area contributed by atoms with Crippen LogP contribution in [0, 0.1) is 22.7 Å². The van der Waals surface area contributed by atoms with E-state index in [1.54, 1.807) is 12.1 Å². The largest absolute Gasteiger partial charge is 0.463 e. The molecule has 4 atom stereocenters. The molecule has 142 valence electrons. The molecular weight excluding hydrogens is 362 g/mol. The number of aromatic nitrogens is 3. The Morgan fingerprint density at radius 1 is 1.00 bits per heavy atom. The molecule has 27 heavy (non-hydrogen) atoms. The van der Waals surface area contributed by atoms with E-state index in [4.69, 9.17) is 29.5 Å². The van der Waals surface area contributed by atoms with Gasteiger partial charge >= 0.3 is 17.9 Å². The second-order valence-corrected chi connectivity index (χ2v) is 5.46. The Labute approximate surface area is 153 Å². The minimum atomic E-state index is -1.21. The lowest BCUT2D eigenvalue weighted by Gasteiger charge is -2.22. The first-order chi connectivity index (χ1) is 12.8. The second kappa shape index (κ2) is 8.25. The summed E-state index contributed by atoms with van der Waals surface area (Å²) < 4.78 is 20.9. The van der Waals surface area contributed by atoms with Crippen molar-refractivity contribution in [3.05, 3.63) is 11.4 Å². The molecule has 0 N–H and O–H groups in total. The first-order valence-electron chi connectivity index (χ1n) is 7.67. The highest BCUT2D eigenvalue weighted by Crippen LogP contribution is 2.33. The third kappa shape index (κ3) is 4.56. The highest BCUT2D eigenvalue weighted by Gasteiger charge is 2.51. The van der Waals surface area contributed by atoms with E-state index < -0.39 is 42.4 Å². The van der Waals surface area contributed by atoms with E-state index in [1.165, 1.54) is 6.92 Å². The Kier molecular flexibility index (Phi) is 6.05. The van der Waals surface area contributed by atoms with E-state index in [-0.39, 0.29) is 18.0 Å². The van der Waals surface area contributed by atoms with Crippen LogP contribution in [0.4, 0.5) is 0 Å². The number of hydrogen-bond donors (Lipinski definition) is 0. The van der Waals surface area contributed by atoms with Gasteiger partial charge in [-0.1, -0.05) is 0 Å². The predicted octanol–water partition coefficient (Wildman–Crippen LogP) is -0.655. The standard InChI is InChI=1S/C15H15N5O7/c1-7(21)24-6-12-13(25-8(2)22)14(26-9(3)23)15(27-12)20-18-10(4-16)11(5-17)19-20/h12-15H,6H2,1-3H3/t12-,13-,14-,15-/m1/s1. The molecular formula is C15H15N5O7. The number of carbonyl (C=O) groups excluding carboxylic acids is 3. The summed E-state index contributed by atoms with van der Waals surface area (Å²) in [6.07, 6.45) is -4.53. The van der Waals surface area contributed by atoms with Crippen molar-refractivity contribution < 1.29 is 33.3 Å². The maximum Gasteiger partial charge on any atom is 0.303 e. The van der Waals surface area contributed by atoms with Crippen LogP contribution in [0.25, 0.3) is 0 Å². The van der Waals surface area contributed by atoms with Crippen molar-refractivity contribution in [2.24, 2.45) is 0 Å². The van der Waals surface area contributed by atoms with Crippen molar-refractivity contribution in [3.8, 4) is 12.1 Å². The van der Waals surface area contributed by atoms with Crippen LogP contribution in [0.2, 0.25) is 0 Å². The normalized spacial score (nSPS) is 23.7. The van der Waals surface area contributed by atoms with Crippen molar-refractivity contribution in [1.29, 1.82) is 10.5 Å². The van der Waals surface area contributed by atoms with Gasteiger partial charge in [0.05, 0.1) is 0 Å². The zero-order valence-electron chi connectivity index (χ0n) is 14.6. The van der Waals surface area contributed by atoms with E-state index in [0.29, 0.717) is 0 Å². The number of esters is 3. The fraction of sp³-hybridized carbons (Fsp3) is 0.533. The summed E-state index contributed by atoms with van der Waals surface area (Å²) in [6, 6.07) is 3.41. The van der Waals surface area contributed by atoms with Gasteiger partial charge < -0.3 is 18.9 Å². The van der Waals surface area contributed by atoms with Crippen molar-refractivity contribution in [3.63, 3.8) is 0 Å². The van der Waals surface area contributed by atoms with Crippen molar-refractivity contribution >= 4 is 17.9 Å². The molecule has 0 saturated carbocycles. The molecule has 1 aliphatic rings. The molecule has 0 spiro atoms. The van der Waals surface area contributed by atoms with E-state index >= 15 is 0 Å². The molecule has 1 aromatic rings. The highest BCUT2D eigenvalue weighted by molar-refractivity contribution is 5.68. The zero-order chi connectivity index (χ0) is 20.1. The average molecular weight is 377 g/mol. The smallest absolute Gasteiger partial charge is 0.303 e. The summed E-state index contributed by atoms with van der Waals surface area (Å²) in [7, 11) is 0. The molecule has 12 nitrogen and oxygen atoms in total. The lowest BCUT2D eigenvalue weighted by molar-refractivity contribution is -0.166. The molecule has 2 rings (SSSR count). The van der Waals surface area contributed by atoms with Crippen molar-refractivity contribution in [2.75, 3.05) is 6.61 Å². The van der Waals surface area contributed by atoms with Crippen LogP contribution in [0.1, 0.15) is 38.4 Å². The van der Waals surface area contributed by atoms with Crippen LogP contribution >= 0.6 is 0 Å². The fourth-order valence-corrected chi connectivity index (χ4v) is 2.47. The van der Waals surface area contributed by atoms with Crippen LogP contribution in [0.3, 0.4) is 0 Å². The minimum absolute atomic E-state index is 0.254. The Morgan fingerprint density at radius 3 is 1.96 bits per heavy atom. The van der Waals surface area contributed by atoms with E-state index in [0.717, 1.165) is 18.6 Å². The van der Waals surface area contributed by atoms with Crippen LogP contribution in [0.5, 0.6) is 0 Å². The predicted molar refractivity (Wildman–Crippen MR) is 81.1 cm³/mol. The summed E-state index contributed by atoms with van der Waals surface area (Å²) in [5, 5.41) is 25.7. The number of carbonyl (C=O) groups is 3. The third-order valence-electron chi connectivity index (χ3n) is 3.41. The minimum Gasteiger partial charge on any atom is -0.463 e. The molecule has 1 fully saturated rings. The van der Waals surface area contributed by atoms with Gasteiger partial charge in [0, 0.05) is 20.8 Å². The van der Waals surface area contributed by atoms with Gasteiger partial charge in [0.1, 0.15) is 24.8 Å². The molecule has 0 amide bonds. The van der Waals surface area contributed by atoms with Crippen LogP contribution < -0.4 is 0 Å². The van der Waals surface area contributed by atoms with Gasteiger partial charge in [0.2, 0.25) is 17.6 Å². The molecule has 0 aromatic carbocycles. The molecule has 2 heterocycles. The van der Waals surface area contributed by atoms with Gasteiger partial charge in [-0.25, -0.2) is 0 Å². The van der Waals surface area contributed by atoms with Crippen LogP contribution in [-0.2, 0) is 33.3 Å². The number of nitrogens with zero attached hydrogens (tertiary/aromatic N) is 5. The fourth-order valence-electron chi connectivity index (χ4n) is 2.47. The third-order valence-corrected chi connectivity index (χ3v) is 3.41. The Hall–Kier alpha value is -3.51. The summed E-state index contributed by atoms with van der Waals surface area (Å²) in [5.41, 5.74) is -0.509. The topological polar surface area (TPSA) is 166 Å². The zero-order valence-corrected chi connectivity index (χ0v) is 14.6. The molecule has 0 aliphatic carbocycles. The van der Waals surface area contributed by atoms with Gasteiger partial charge in [-0.05, 0) is 0 Å². The number of nitriles is 2. The molecule has 1 aliphatic heterocycles. The SMILES string of the molecule is CC(=O)OC[C@H]1O[C@@H](n2nc(C#N)c(C#N)n2)[C@H](OC(C)=O)[C@@H]1OC(C)=O. The first kappa shape index (κ1) is 19.8. The van der Waals surface area contributed by atoms with Crippen molar-refractivity contribution in [2.45, 2.75) is 45.3 Å². The van der Waals surface area contributed by atoms with E-state index in [9.17, 15) is 14.4 Å². The van der Waals surface area contributed by atoms with E-state index in [1.807, 2.05) is 0 Å². The van der Waals surface area contributed by atoms with E-state index in [2.05, 4.69) is 10.2 Å². The lowest BCUT2D eigenvalue weighted by atomic mass is 10.1. The first-order valence-corrected chi connectivity index (χ1v) is 7.67. The van der Waals surface area contributed by atoms with Crippen molar-refractivity contribution in [1.82, 2.24) is 15.0 Å². The highest BCUT2D eigenvalue weighted by atomic mass is 16.7. The number of ether oxygens (including phenoxy) is 4. The van der Waals surface area contributed by atoms with Gasteiger partial charge in [0.25, 0.3) is 0 Å². The Balaban J connectivity index is 2.41. The molecule has 0 bridgehead atoms. The molecule has 0 unspecified atom stereocenters. The average Bonchev–Trinajstić information content (AvgIpc) is 3.14. The van der Waals surface area contributed by atoms with Crippen LogP contribution in [-0.4, -0.2) is 57.8 Å². The second-order valence-electron chi connectivity index (χ2n) is 5.46. The molecule has 12 heteroatoms. The molecule has 1 saturated heterocycles. The summed E-state index contributed by atoms with van der Waals surface area (Å²) in [6.45, 7) is 3.18. The Morgan fingerprint density at radius 2 is 1.52 bits per heavy atom. The monoisotopic (exact) mass is 377 g/mol. The van der Waals surface area contributed by atoms with Gasteiger partial charge in [-0.3, -0.25) is 14.4 Å². The van der Waals surface area contributed by atoms with Gasteiger partial charge in [0.15, 0.2) is 12.2 Å². The van der Waals surface area contributed by atoms with Gasteiger partial charge in [-0.15, -0.1) is 15.0 Å². The molecule has 1 aromatic heterocycles. The number of rotatable bonds is 5. The maximum absolute atomic E-state index is 11.5. The lowest BCUT2D eigenvalue weighted by Crippen LogP contribution is -2.40. The summed E-state index contributed by atoms with van der Waals surface area (Å²) >= 11 is 0.